The molecule has 4 aromatic rings. The van der Waals surface area contributed by atoms with Gasteiger partial charge < -0.3 is 20.4 Å². The molecular formula is C21H17ClN4O2. The highest BCUT2D eigenvalue weighted by molar-refractivity contribution is 6.31. The van der Waals surface area contributed by atoms with Crippen LogP contribution >= 0.6 is 11.6 Å². The van der Waals surface area contributed by atoms with E-state index in [0.717, 1.165) is 27.9 Å². The number of aromatic nitrogens is 2. The molecule has 0 atom stereocenters. The molecule has 0 saturated carbocycles. The molecule has 0 spiro atoms. The molecule has 2 aromatic heterocycles. The first-order chi connectivity index (χ1) is 13.6. The molecular weight excluding hydrogens is 376 g/mol. The molecule has 3 N–H and O–H groups in total. The third-order valence-electron chi connectivity index (χ3n) is 4.30. The van der Waals surface area contributed by atoms with Gasteiger partial charge in [-0.15, -0.1) is 0 Å². The zero-order chi connectivity index (χ0) is 19.5. The number of nitrogens with zero attached hydrogens (tertiary/aromatic N) is 1. The number of amides is 2. The smallest absolute Gasteiger partial charge is 0.323 e. The summed E-state index contributed by atoms with van der Waals surface area (Å²) < 4.78 is 5.13. The van der Waals surface area contributed by atoms with E-state index in [1.807, 2.05) is 24.3 Å². The maximum Gasteiger partial charge on any atom is 0.323 e. The van der Waals surface area contributed by atoms with E-state index in [9.17, 15) is 4.79 Å². The Morgan fingerprint density at radius 3 is 2.64 bits per heavy atom. The zero-order valence-electron chi connectivity index (χ0n) is 15.0. The first-order valence-corrected chi connectivity index (χ1v) is 8.95. The van der Waals surface area contributed by atoms with Crippen LogP contribution in [0, 0.1) is 0 Å². The number of benzene rings is 2. The normalized spacial score (nSPS) is 10.6. The lowest BCUT2D eigenvalue weighted by Crippen LogP contribution is -2.19. The quantitative estimate of drug-likeness (QED) is 0.427. The Kier molecular flexibility index (Phi) is 4.87. The number of pyridine rings is 1. The molecule has 0 aliphatic rings. The van der Waals surface area contributed by atoms with Crippen molar-refractivity contribution in [3.63, 3.8) is 0 Å². The Labute approximate surface area is 166 Å². The molecule has 0 aliphatic heterocycles. The number of ether oxygens (including phenoxy) is 1. The maximum atomic E-state index is 12.6. The third-order valence-corrected chi connectivity index (χ3v) is 4.53. The minimum absolute atomic E-state index is 0.365. The van der Waals surface area contributed by atoms with Crippen molar-refractivity contribution in [1.82, 2.24) is 9.97 Å². The molecule has 0 aliphatic carbocycles. The van der Waals surface area contributed by atoms with E-state index in [0.29, 0.717) is 16.4 Å². The lowest BCUT2D eigenvalue weighted by molar-refractivity contribution is 0.262. The van der Waals surface area contributed by atoms with E-state index in [4.69, 9.17) is 16.3 Å². The van der Waals surface area contributed by atoms with Gasteiger partial charge >= 0.3 is 6.03 Å². The fourth-order valence-electron chi connectivity index (χ4n) is 2.97. The average molecular weight is 393 g/mol. The van der Waals surface area contributed by atoms with Crippen molar-refractivity contribution in [1.29, 1.82) is 0 Å². The van der Waals surface area contributed by atoms with Crippen LogP contribution in [0.5, 0.6) is 5.75 Å². The molecule has 7 heteroatoms. The van der Waals surface area contributed by atoms with Crippen LogP contribution < -0.4 is 15.4 Å². The fraction of sp³-hybridized carbons (Fsp3) is 0.0476. The summed E-state index contributed by atoms with van der Waals surface area (Å²) in [4.78, 5) is 20.1. The molecule has 28 heavy (non-hydrogen) atoms. The molecule has 0 bridgehead atoms. The second kappa shape index (κ2) is 7.62. The number of halogens is 1. The lowest BCUT2D eigenvalue weighted by Gasteiger charge is -2.10. The fourth-order valence-corrected chi connectivity index (χ4v) is 3.14. The summed E-state index contributed by atoms with van der Waals surface area (Å²) in [5.41, 5.74) is 3.77. The molecule has 0 saturated heterocycles. The van der Waals surface area contributed by atoms with Crippen LogP contribution in [0.25, 0.3) is 22.2 Å². The molecule has 2 amide bonds. The highest BCUT2D eigenvalue weighted by Crippen LogP contribution is 2.36. The van der Waals surface area contributed by atoms with Gasteiger partial charge in [0.1, 0.15) is 5.75 Å². The van der Waals surface area contributed by atoms with Gasteiger partial charge in [0.05, 0.1) is 18.5 Å². The molecule has 4 rings (SSSR count). The molecule has 2 heterocycles. The van der Waals surface area contributed by atoms with Gasteiger partial charge in [0.25, 0.3) is 0 Å². The van der Waals surface area contributed by atoms with E-state index < -0.39 is 0 Å². The van der Waals surface area contributed by atoms with Crippen molar-refractivity contribution in [2.45, 2.75) is 0 Å². The summed E-state index contributed by atoms with van der Waals surface area (Å²) in [5, 5.41) is 7.16. The van der Waals surface area contributed by atoms with Gasteiger partial charge in [-0.1, -0.05) is 11.6 Å². The zero-order valence-corrected chi connectivity index (χ0v) is 15.7. The van der Waals surface area contributed by atoms with Crippen LogP contribution in [0.2, 0.25) is 5.02 Å². The number of anilines is 2. The van der Waals surface area contributed by atoms with Crippen molar-refractivity contribution in [2.75, 3.05) is 17.7 Å². The van der Waals surface area contributed by atoms with Crippen molar-refractivity contribution >= 4 is 39.9 Å². The Hall–Kier alpha value is -3.51. The van der Waals surface area contributed by atoms with Gasteiger partial charge in [0.2, 0.25) is 0 Å². The largest absolute Gasteiger partial charge is 0.497 e. The SMILES string of the molecule is COc1ccc(NC(=O)Nc2c(-c3cccnc3)[nH]c3ccc(Cl)cc23)cc1. The average Bonchev–Trinajstić information content (AvgIpc) is 3.07. The van der Waals surface area contributed by atoms with Gasteiger partial charge in [0.15, 0.2) is 0 Å². The summed E-state index contributed by atoms with van der Waals surface area (Å²) in [5.74, 6) is 0.719. The molecule has 6 nitrogen and oxygen atoms in total. The first kappa shape index (κ1) is 17.9. The van der Waals surface area contributed by atoms with Crippen LogP contribution in [0.15, 0.2) is 67.0 Å². The van der Waals surface area contributed by atoms with E-state index >= 15 is 0 Å². The van der Waals surface area contributed by atoms with Crippen LogP contribution in [0.3, 0.4) is 0 Å². The second-order valence-corrected chi connectivity index (χ2v) is 6.55. The Bertz CT molecular complexity index is 1120. The van der Waals surface area contributed by atoms with E-state index in [2.05, 4.69) is 20.6 Å². The van der Waals surface area contributed by atoms with Crippen LogP contribution in [-0.4, -0.2) is 23.1 Å². The number of hydrogen-bond donors (Lipinski definition) is 3. The molecule has 2 aromatic carbocycles. The first-order valence-electron chi connectivity index (χ1n) is 8.58. The number of aromatic amines is 1. The van der Waals surface area contributed by atoms with Crippen molar-refractivity contribution in [2.24, 2.45) is 0 Å². The number of urea groups is 1. The van der Waals surface area contributed by atoms with Gasteiger partial charge in [-0.2, -0.15) is 0 Å². The molecule has 0 fully saturated rings. The van der Waals surface area contributed by atoms with Gasteiger partial charge in [-0.05, 0) is 54.6 Å². The summed E-state index contributed by atoms with van der Waals surface area (Å²) in [6.45, 7) is 0. The number of nitrogens with one attached hydrogen (secondary N) is 3. The van der Waals surface area contributed by atoms with E-state index in [-0.39, 0.29) is 6.03 Å². The Morgan fingerprint density at radius 1 is 1.11 bits per heavy atom. The molecule has 0 radical (unpaired) electrons. The van der Waals surface area contributed by atoms with Gasteiger partial charge in [0, 0.05) is 39.6 Å². The lowest BCUT2D eigenvalue weighted by atomic mass is 10.1. The summed E-state index contributed by atoms with van der Waals surface area (Å²) in [6, 6.07) is 16.0. The topological polar surface area (TPSA) is 79.0 Å². The highest BCUT2D eigenvalue weighted by Gasteiger charge is 2.16. The van der Waals surface area contributed by atoms with Crippen molar-refractivity contribution < 1.29 is 9.53 Å². The van der Waals surface area contributed by atoms with Crippen molar-refractivity contribution in [3.05, 3.63) is 72.0 Å². The van der Waals surface area contributed by atoms with E-state index in [1.165, 1.54) is 0 Å². The number of hydrogen-bond acceptors (Lipinski definition) is 3. The predicted molar refractivity (Wildman–Crippen MR) is 112 cm³/mol. The molecule has 140 valence electrons. The Balaban J connectivity index is 1.68. The van der Waals surface area contributed by atoms with E-state index in [1.54, 1.807) is 49.8 Å². The highest BCUT2D eigenvalue weighted by atomic mass is 35.5. The maximum absolute atomic E-state index is 12.6. The van der Waals surface area contributed by atoms with Crippen LogP contribution in [0.4, 0.5) is 16.2 Å². The predicted octanol–water partition coefficient (Wildman–Crippen LogP) is 5.54. The summed E-state index contributed by atoms with van der Waals surface area (Å²) >= 11 is 6.17. The standard InChI is InChI=1S/C21H17ClN4O2/c1-28-16-7-5-15(6-8-16)24-21(27)26-20-17-11-14(22)4-9-18(17)25-19(20)13-3-2-10-23-12-13/h2-12,25H,1H3,(H2,24,26,27). The number of carbonyl (C=O) groups is 1. The van der Waals surface area contributed by atoms with Crippen LogP contribution in [-0.2, 0) is 0 Å². The van der Waals surface area contributed by atoms with Crippen molar-refractivity contribution in [3.8, 4) is 17.0 Å². The van der Waals surface area contributed by atoms with Crippen LogP contribution in [0.1, 0.15) is 0 Å². The number of rotatable bonds is 4. The summed E-state index contributed by atoms with van der Waals surface area (Å²) in [6.07, 6.45) is 3.44. The Morgan fingerprint density at radius 2 is 1.93 bits per heavy atom. The number of methoxy groups -OCH3 is 1. The minimum Gasteiger partial charge on any atom is -0.497 e. The number of fused-ring (bicyclic) bond motifs is 1. The van der Waals surface area contributed by atoms with Gasteiger partial charge in [-0.25, -0.2) is 4.79 Å². The van der Waals surface area contributed by atoms with Gasteiger partial charge in [-0.3, -0.25) is 4.98 Å². The second-order valence-electron chi connectivity index (χ2n) is 6.11. The minimum atomic E-state index is -0.365. The monoisotopic (exact) mass is 392 g/mol. The number of carbonyl (C=O) groups excluding carboxylic acids is 1. The number of H-pyrrole nitrogens is 1. The third kappa shape index (κ3) is 3.63. The molecule has 0 unspecified atom stereocenters. The summed E-state index contributed by atoms with van der Waals surface area (Å²) in [7, 11) is 1.59.